The number of nitrogens with one attached hydrogen (secondary N) is 2. The van der Waals surface area contributed by atoms with Crippen molar-refractivity contribution in [3.63, 3.8) is 0 Å². The summed E-state index contributed by atoms with van der Waals surface area (Å²) < 4.78 is 5.59. The van der Waals surface area contributed by atoms with Crippen molar-refractivity contribution < 1.29 is 9.53 Å². The molecule has 7 heteroatoms. The van der Waals surface area contributed by atoms with Crippen molar-refractivity contribution in [2.45, 2.75) is 13.5 Å². The molecule has 2 aromatic carbocycles. The van der Waals surface area contributed by atoms with Crippen molar-refractivity contribution in [1.29, 1.82) is 0 Å². The number of aryl methyl sites for hydroxylation is 1. The summed E-state index contributed by atoms with van der Waals surface area (Å²) in [5, 5.41) is 6.62. The van der Waals surface area contributed by atoms with Gasteiger partial charge in [0.2, 0.25) is 5.95 Å². The van der Waals surface area contributed by atoms with Crippen LogP contribution in [0.2, 0.25) is 0 Å². The average molecular weight is 425 g/mol. The number of aromatic nitrogens is 3. The van der Waals surface area contributed by atoms with Crippen molar-refractivity contribution >= 4 is 23.6 Å². The molecule has 0 saturated carbocycles. The number of rotatable bonds is 9. The molecule has 0 saturated heterocycles. The molecular formula is C25H23N5O2. The molecular weight excluding hydrogens is 402 g/mol. The van der Waals surface area contributed by atoms with Gasteiger partial charge in [-0.1, -0.05) is 17.7 Å². The number of pyridine rings is 1. The minimum absolute atomic E-state index is 0.0125. The van der Waals surface area contributed by atoms with Crippen LogP contribution >= 0.6 is 0 Å². The first-order chi connectivity index (χ1) is 15.7. The molecule has 2 heterocycles. The van der Waals surface area contributed by atoms with Gasteiger partial charge in [0.1, 0.15) is 12.4 Å². The van der Waals surface area contributed by atoms with Crippen molar-refractivity contribution in [3.8, 4) is 17.0 Å². The van der Waals surface area contributed by atoms with Gasteiger partial charge in [-0.3, -0.25) is 9.78 Å². The van der Waals surface area contributed by atoms with Crippen molar-refractivity contribution in [1.82, 2.24) is 15.0 Å². The predicted molar refractivity (Wildman–Crippen MR) is 125 cm³/mol. The van der Waals surface area contributed by atoms with Gasteiger partial charge in [0, 0.05) is 36.4 Å². The van der Waals surface area contributed by atoms with Crippen molar-refractivity contribution in [3.05, 3.63) is 90.4 Å². The van der Waals surface area contributed by atoms with E-state index in [1.165, 1.54) is 5.56 Å². The summed E-state index contributed by atoms with van der Waals surface area (Å²) in [5.41, 5.74) is 5.63. The molecule has 0 unspecified atom stereocenters. The van der Waals surface area contributed by atoms with E-state index in [1.807, 2.05) is 67.6 Å². The van der Waals surface area contributed by atoms with Crippen molar-refractivity contribution in [2.75, 3.05) is 17.2 Å². The lowest BCUT2D eigenvalue weighted by atomic mass is 10.1. The zero-order valence-corrected chi connectivity index (χ0v) is 17.7. The van der Waals surface area contributed by atoms with Gasteiger partial charge in [0.05, 0.1) is 11.4 Å². The molecule has 4 aromatic rings. The summed E-state index contributed by atoms with van der Waals surface area (Å²) in [7, 11) is 0. The number of hydrogen-bond donors (Lipinski definition) is 2. The summed E-state index contributed by atoms with van der Waals surface area (Å²) >= 11 is 0. The molecule has 0 aliphatic heterocycles. The number of hydrogen-bond acceptors (Lipinski definition) is 7. The van der Waals surface area contributed by atoms with E-state index in [-0.39, 0.29) is 6.61 Å². The van der Waals surface area contributed by atoms with Crippen LogP contribution in [0, 0.1) is 6.92 Å². The molecule has 0 spiro atoms. The highest BCUT2D eigenvalue weighted by Crippen LogP contribution is 2.31. The third kappa shape index (κ3) is 5.46. The molecule has 4 rings (SSSR count). The van der Waals surface area contributed by atoms with Gasteiger partial charge in [-0.05, 0) is 61.0 Å². The molecule has 0 radical (unpaired) electrons. The largest absolute Gasteiger partial charge is 0.484 e. The number of aldehydes is 1. The molecule has 7 nitrogen and oxygen atoms in total. The molecule has 0 aliphatic rings. The summed E-state index contributed by atoms with van der Waals surface area (Å²) in [6, 6.07) is 19.5. The summed E-state index contributed by atoms with van der Waals surface area (Å²) in [5.74, 6) is 1.11. The maximum atomic E-state index is 10.8. The van der Waals surface area contributed by atoms with Crippen LogP contribution in [0.4, 0.5) is 17.3 Å². The van der Waals surface area contributed by atoms with E-state index in [4.69, 9.17) is 4.74 Å². The normalized spacial score (nSPS) is 10.4. The first-order valence-corrected chi connectivity index (χ1v) is 10.2. The monoisotopic (exact) mass is 425 g/mol. The predicted octanol–water partition coefficient (Wildman–Crippen LogP) is 4.78. The SMILES string of the molecule is Cc1ccc(Nc2nccc(-c3ccc(OCC=O)c(NCc4ccncc4)c3)n2)cc1. The van der Waals surface area contributed by atoms with E-state index < -0.39 is 0 Å². The number of nitrogens with zero attached hydrogens (tertiary/aromatic N) is 3. The molecule has 0 bridgehead atoms. The van der Waals surface area contributed by atoms with Crippen LogP contribution in [-0.2, 0) is 11.3 Å². The Hall–Kier alpha value is -4.26. The van der Waals surface area contributed by atoms with Gasteiger partial charge >= 0.3 is 0 Å². The topological polar surface area (TPSA) is 89.0 Å². The highest BCUT2D eigenvalue weighted by atomic mass is 16.5. The van der Waals surface area contributed by atoms with Gasteiger partial charge < -0.3 is 15.4 Å². The highest BCUT2D eigenvalue weighted by Gasteiger charge is 2.09. The van der Waals surface area contributed by atoms with Crippen LogP contribution < -0.4 is 15.4 Å². The van der Waals surface area contributed by atoms with Gasteiger partial charge in [0.25, 0.3) is 0 Å². The molecule has 160 valence electrons. The van der Waals surface area contributed by atoms with E-state index in [0.29, 0.717) is 18.2 Å². The Labute approximate surface area is 186 Å². The van der Waals surface area contributed by atoms with Gasteiger partial charge in [-0.15, -0.1) is 0 Å². The van der Waals surface area contributed by atoms with Crippen molar-refractivity contribution in [2.24, 2.45) is 0 Å². The van der Waals surface area contributed by atoms with Gasteiger partial charge in [0.15, 0.2) is 6.29 Å². The Bertz CT molecular complexity index is 1180. The van der Waals surface area contributed by atoms with E-state index in [0.717, 1.165) is 34.5 Å². The second-order valence-electron chi connectivity index (χ2n) is 7.15. The molecule has 0 amide bonds. The lowest BCUT2D eigenvalue weighted by Gasteiger charge is -2.14. The van der Waals surface area contributed by atoms with Crippen LogP contribution in [0.3, 0.4) is 0 Å². The summed E-state index contributed by atoms with van der Waals surface area (Å²) in [6.07, 6.45) is 5.95. The van der Waals surface area contributed by atoms with E-state index in [2.05, 4.69) is 25.6 Å². The van der Waals surface area contributed by atoms with Crippen LogP contribution in [0.1, 0.15) is 11.1 Å². The fourth-order valence-corrected chi connectivity index (χ4v) is 3.12. The Balaban J connectivity index is 1.58. The Kier molecular flexibility index (Phi) is 6.67. The Morgan fingerprint density at radius 1 is 0.969 bits per heavy atom. The van der Waals surface area contributed by atoms with Crippen LogP contribution in [0.15, 0.2) is 79.3 Å². The molecule has 0 aliphatic carbocycles. The lowest BCUT2D eigenvalue weighted by Crippen LogP contribution is -2.05. The number of anilines is 3. The quantitative estimate of drug-likeness (QED) is 0.373. The minimum Gasteiger partial charge on any atom is -0.484 e. The molecule has 2 aromatic heterocycles. The maximum absolute atomic E-state index is 10.8. The third-order valence-corrected chi connectivity index (χ3v) is 4.78. The second-order valence-corrected chi connectivity index (χ2v) is 7.15. The van der Waals surface area contributed by atoms with Gasteiger partial charge in [-0.2, -0.15) is 0 Å². The lowest BCUT2D eigenvalue weighted by molar-refractivity contribution is -0.109. The number of ether oxygens (including phenoxy) is 1. The zero-order chi connectivity index (χ0) is 22.2. The highest BCUT2D eigenvalue weighted by molar-refractivity contribution is 5.71. The molecule has 0 atom stereocenters. The van der Waals surface area contributed by atoms with Gasteiger partial charge in [-0.25, -0.2) is 9.97 Å². The molecule has 0 fully saturated rings. The second kappa shape index (κ2) is 10.2. The smallest absolute Gasteiger partial charge is 0.227 e. The maximum Gasteiger partial charge on any atom is 0.227 e. The van der Waals surface area contributed by atoms with E-state index in [1.54, 1.807) is 18.6 Å². The minimum atomic E-state index is -0.0125. The fraction of sp³-hybridized carbons (Fsp3) is 0.120. The Morgan fingerprint density at radius 3 is 2.56 bits per heavy atom. The Morgan fingerprint density at radius 2 is 1.78 bits per heavy atom. The number of benzene rings is 2. The fourth-order valence-electron chi connectivity index (χ4n) is 3.12. The van der Waals surface area contributed by atoms with E-state index >= 15 is 0 Å². The van der Waals surface area contributed by atoms with Crippen LogP contribution in [0.25, 0.3) is 11.3 Å². The summed E-state index contributed by atoms with van der Waals surface area (Å²) in [6.45, 7) is 2.62. The van der Waals surface area contributed by atoms with Crippen LogP contribution in [-0.4, -0.2) is 27.8 Å². The third-order valence-electron chi connectivity index (χ3n) is 4.78. The number of carbonyl (C=O) groups is 1. The summed E-state index contributed by atoms with van der Waals surface area (Å²) in [4.78, 5) is 23.8. The zero-order valence-electron chi connectivity index (χ0n) is 17.7. The standard InChI is InChI=1S/C25H23N5O2/c1-18-2-5-21(6-3-18)29-25-27-13-10-22(30-25)20-4-7-24(32-15-14-31)23(16-20)28-17-19-8-11-26-12-9-19/h2-14,16,28H,15,17H2,1H3,(H,27,29,30). The number of carbonyl (C=O) groups excluding carboxylic acids is 1. The van der Waals surface area contributed by atoms with E-state index in [9.17, 15) is 4.79 Å². The first kappa shape index (κ1) is 21.0. The average Bonchev–Trinajstić information content (AvgIpc) is 2.84. The first-order valence-electron chi connectivity index (χ1n) is 10.2. The van der Waals surface area contributed by atoms with Crippen LogP contribution in [0.5, 0.6) is 5.75 Å². The molecule has 32 heavy (non-hydrogen) atoms. The molecule has 2 N–H and O–H groups in total.